The van der Waals surface area contributed by atoms with Gasteiger partial charge in [0.25, 0.3) is 5.91 Å². The summed E-state index contributed by atoms with van der Waals surface area (Å²) in [5, 5.41) is 9.02. The van der Waals surface area contributed by atoms with E-state index in [9.17, 15) is 14.0 Å². The third-order valence-corrected chi connectivity index (χ3v) is 3.79. The Morgan fingerprint density at radius 1 is 1.44 bits per heavy atom. The van der Waals surface area contributed by atoms with Crippen LogP contribution in [0.1, 0.15) is 23.2 Å². The minimum Gasteiger partial charge on any atom is -0.480 e. The molecular formula is C12H11BrFNO3. The number of hydrogen-bond acceptors (Lipinski definition) is 2. The van der Waals surface area contributed by atoms with E-state index < -0.39 is 23.7 Å². The smallest absolute Gasteiger partial charge is 0.326 e. The zero-order valence-corrected chi connectivity index (χ0v) is 11.0. The van der Waals surface area contributed by atoms with Gasteiger partial charge in [0.05, 0.1) is 10.0 Å². The minimum atomic E-state index is -1.02. The van der Waals surface area contributed by atoms with Gasteiger partial charge in [-0.3, -0.25) is 4.79 Å². The highest BCUT2D eigenvalue weighted by Crippen LogP contribution is 2.26. The van der Waals surface area contributed by atoms with E-state index in [-0.39, 0.29) is 10.0 Å². The van der Waals surface area contributed by atoms with Crippen molar-refractivity contribution >= 4 is 27.8 Å². The Labute approximate surface area is 112 Å². The fourth-order valence-electron chi connectivity index (χ4n) is 2.09. The van der Waals surface area contributed by atoms with Crippen LogP contribution in [0.25, 0.3) is 0 Å². The van der Waals surface area contributed by atoms with Crippen LogP contribution in [0.4, 0.5) is 4.39 Å². The van der Waals surface area contributed by atoms with Crippen LogP contribution in [0.15, 0.2) is 22.7 Å². The molecule has 1 aliphatic rings. The third-order valence-electron chi connectivity index (χ3n) is 2.98. The average Bonchev–Trinajstić information content (AvgIpc) is 2.81. The second kappa shape index (κ2) is 5.06. The molecule has 1 amide bonds. The molecule has 0 bridgehead atoms. The number of rotatable bonds is 2. The Bertz CT molecular complexity index is 506. The molecule has 1 heterocycles. The summed E-state index contributed by atoms with van der Waals surface area (Å²) in [6.45, 7) is 0.388. The van der Waals surface area contributed by atoms with Crippen molar-refractivity contribution in [2.75, 3.05) is 6.54 Å². The molecule has 1 aromatic carbocycles. The van der Waals surface area contributed by atoms with Gasteiger partial charge >= 0.3 is 5.97 Å². The summed E-state index contributed by atoms with van der Waals surface area (Å²) in [5.74, 6) is -2.01. The van der Waals surface area contributed by atoms with Gasteiger partial charge in [0.1, 0.15) is 11.9 Å². The van der Waals surface area contributed by atoms with Crippen LogP contribution in [0.2, 0.25) is 0 Å². The van der Waals surface area contributed by atoms with Gasteiger partial charge in [0.15, 0.2) is 0 Å². The Kier molecular flexibility index (Phi) is 3.65. The van der Waals surface area contributed by atoms with Crippen molar-refractivity contribution in [3.05, 3.63) is 34.1 Å². The lowest BCUT2D eigenvalue weighted by molar-refractivity contribution is -0.141. The predicted octanol–water partition coefficient (Wildman–Crippen LogP) is 2.28. The van der Waals surface area contributed by atoms with Crippen LogP contribution < -0.4 is 0 Å². The Hall–Kier alpha value is -1.43. The summed E-state index contributed by atoms with van der Waals surface area (Å²) in [6, 6.07) is 3.33. The number of likely N-dealkylation sites (tertiary alicyclic amines) is 1. The first-order valence-electron chi connectivity index (χ1n) is 5.50. The van der Waals surface area contributed by atoms with E-state index in [0.29, 0.717) is 19.4 Å². The number of amides is 1. The first-order valence-corrected chi connectivity index (χ1v) is 6.29. The SMILES string of the molecule is O=C(O)[C@H]1CCCN1C(=O)c1cccc(F)c1Br. The van der Waals surface area contributed by atoms with Crippen molar-refractivity contribution in [1.82, 2.24) is 4.90 Å². The van der Waals surface area contributed by atoms with Gasteiger partial charge in [-0.25, -0.2) is 9.18 Å². The number of benzene rings is 1. The molecule has 0 aliphatic carbocycles. The van der Waals surface area contributed by atoms with Gasteiger partial charge in [0, 0.05) is 6.54 Å². The van der Waals surface area contributed by atoms with E-state index in [1.807, 2.05) is 0 Å². The van der Waals surface area contributed by atoms with Crippen molar-refractivity contribution in [1.29, 1.82) is 0 Å². The molecule has 1 saturated heterocycles. The Balaban J connectivity index is 2.31. The lowest BCUT2D eigenvalue weighted by Crippen LogP contribution is -2.40. The van der Waals surface area contributed by atoms with Crippen molar-refractivity contribution < 1.29 is 19.1 Å². The Morgan fingerprint density at radius 2 is 2.17 bits per heavy atom. The van der Waals surface area contributed by atoms with Crippen LogP contribution in [-0.4, -0.2) is 34.5 Å². The number of carbonyl (C=O) groups excluding carboxylic acids is 1. The van der Waals surface area contributed by atoms with Crippen LogP contribution in [-0.2, 0) is 4.79 Å². The number of halogens is 2. The molecule has 0 aromatic heterocycles. The molecule has 1 atom stereocenters. The lowest BCUT2D eigenvalue weighted by atomic mass is 10.1. The van der Waals surface area contributed by atoms with Gasteiger partial charge in [0.2, 0.25) is 0 Å². The fraction of sp³-hybridized carbons (Fsp3) is 0.333. The standard InChI is InChI=1S/C12H11BrFNO3/c13-10-7(3-1-4-8(10)14)11(16)15-6-2-5-9(15)12(17)18/h1,3-4,9H,2,5-6H2,(H,17,18)/t9-/m1/s1. The second-order valence-corrected chi connectivity index (χ2v) is 4.89. The molecular weight excluding hydrogens is 305 g/mol. The molecule has 0 saturated carbocycles. The fourth-order valence-corrected chi connectivity index (χ4v) is 2.52. The number of nitrogens with zero attached hydrogens (tertiary/aromatic N) is 1. The van der Waals surface area contributed by atoms with Gasteiger partial charge < -0.3 is 10.0 Å². The summed E-state index contributed by atoms with van der Waals surface area (Å²) < 4.78 is 13.4. The van der Waals surface area contributed by atoms with Gasteiger partial charge in [-0.1, -0.05) is 6.07 Å². The molecule has 0 radical (unpaired) electrons. The van der Waals surface area contributed by atoms with E-state index in [2.05, 4.69) is 15.9 Å². The van der Waals surface area contributed by atoms with Gasteiger partial charge in [-0.15, -0.1) is 0 Å². The van der Waals surface area contributed by atoms with Crippen LogP contribution in [0.5, 0.6) is 0 Å². The first-order chi connectivity index (χ1) is 8.52. The van der Waals surface area contributed by atoms with Crippen molar-refractivity contribution in [2.45, 2.75) is 18.9 Å². The highest BCUT2D eigenvalue weighted by atomic mass is 79.9. The van der Waals surface area contributed by atoms with Crippen molar-refractivity contribution in [2.24, 2.45) is 0 Å². The molecule has 1 fully saturated rings. The van der Waals surface area contributed by atoms with Crippen molar-refractivity contribution in [3.8, 4) is 0 Å². The molecule has 6 heteroatoms. The molecule has 1 aromatic rings. The third kappa shape index (κ3) is 2.25. The number of carboxylic acid groups (broad SMARTS) is 1. The topological polar surface area (TPSA) is 57.6 Å². The lowest BCUT2D eigenvalue weighted by Gasteiger charge is -2.22. The highest BCUT2D eigenvalue weighted by molar-refractivity contribution is 9.10. The summed E-state index contributed by atoms with van der Waals surface area (Å²) in [4.78, 5) is 24.5. The number of carboxylic acids is 1. The van der Waals surface area contributed by atoms with E-state index in [0.717, 1.165) is 0 Å². The van der Waals surface area contributed by atoms with Crippen LogP contribution in [0, 0.1) is 5.82 Å². The summed E-state index contributed by atoms with van der Waals surface area (Å²) >= 11 is 3.01. The Morgan fingerprint density at radius 3 is 2.83 bits per heavy atom. The monoisotopic (exact) mass is 315 g/mol. The van der Waals surface area contributed by atoms with Gasteiger partial charge in [-0.05, 0) is 40.9 Å². The first kappa shape index (κ1) is 13.0. The minimum absolute atomic E-state index is 0.0750. The molecule has 18 heavy (non-hydrogen) atoms. The second-order valence-electron chi connectivity index (χ2n) is 4.10. The molecule has 1 N–H and O–H groups in total. The number of hydrogen-bond donors (Lipinski definition) is 1. The summed E-state index contributed by atoms with van der Waals surface area (Å²) in [7, 11) is 0. The van der Waals surface area contributed by atoms with Crippen LogP contribution >= 0.6 is 15.9 Å². The maximum atomic E-state index is 13.3. The largest absolute Gasteiger partial charge is 0.480 e. The normalized spacial score (nSPS) is 19.0. The average molecular weight is 316 g/mol. The summed E-state index contributed by atoms with van der Waals surface area (Å²) in [6.07, 6.45) is 1.09. The highest BCUT2D eigenvalue weighted by Gasteiger charge is 2.35. The van der Waals surface area contributed by atoms with E-state index in [4.69, 9.17) is 5.11 Å². The maximum absolute atomic E-state index is 13.3. The predicted molar refractivity (Wildman–Crippen MR) is 65.8 cm³/mol. The maximum Gasteiger partial charge on any atom is 0.326 e. The van der Waals surface area contributed by atoms with E-state index in [1.165, 1.54) is 23.1 Å². The molecule has 1 aliphatic heterocycles. The quantitative estimate of drug-likeness (QED) is 0.911. The zero-order valence-electron chi connectivity index (χ0n) is 9.40. The molecule has 0 spiro atoms. The van der Waals surface area contributed by atoms with Gasteiger partial charge in [-0.2, -0.15) is 0 Å². The molecule has 4 nitrogen and oxygen atoms in total. The molecule has 2 rings (SSSR count). The molecule has 0 unspecified atom stereocenters. The molecule has 96 valence electrons. The van der Waals surface area contributed by atoms with Crippen LogP contribution in [0.3, 0.4) is 0 Å². The zero-order chi connectivity index (χ0) is 13.3. The number of aliphatic carboxylic acids is 1. The summed E-state index contributed by atoms with van der Waals surface area (Å²) in [5.41, 5.74) is 0.156. The van der Waals surface area contributed by atoms with Crippen molar-refractivity contribution in [3.63, 3.8) is 0 Å². The van der Waals surface area contributed by atoms with E-state index in [1.54, 1.807) is 0 Å². The van der Waals surface area contributed by atoms with E-state index >= 15 is 0 Å². The number of carbonyl (C=O) groups is 2.